The summed E-state index contributed by atoms with van der Waals surface area (Å²) in [5.74, 6) is 2.42. The van der Waals surface area contributed by atoms with Crippen LogP contribution in [0.5, 0.6) is 0 Å². The normalized spacial score (nSPS) is 29.2. The topological polar surface area (TPSA) is 64.3 Å². The first kappa shape index (κ1) is 15.3. The average molecular weight is 316 g/mol. The monoisotopic (exact) mass is 316 g/mol. The minimum atomic E-state index is 0.345. The fraction of sp³-hybridized carbons (Fsp3) is 0.778. The molecule has 1 aliphatic heterocycles. The Balaban J connectivity index is 1.57. The van der Waals surface area contributed by atoms with Gasteiger partial charge >= 0.3 is 0 Å². The van der Waals surface area contributed by atoms with E-state index >= 15 is 0 Å². The lowest BCUT2D eigenvalue weighted by Gasteiger charge is -2.32. The van der Waals surface area contributed by atoms with Gasteiger partial charge in [0.05, 0.1) is 0 Å². The summed E-state index contributed by atoms with van der Waals surface area (Å²) in [6, 6.07) is 2.56. The van der Waals surface area contributed by atoms with Gasteiger partial charge in [0.15, 0.2) is 5.82 Å². The molecule has 0 unspecified atom stereocenters. The molecule has 0 amide bonds. The van der Waals surface area contributed by atoms with Gasteiger partial charge in [-0.2, -0.15) is 0 Å². The molecular weight excluding hydrogens is 288 g/mol. The van der Waals surface area contributed by atoms with Crippen LogP contribution in [-0.2, 0) is 11.3 Å². The third-order valence-corrected chi connectivity index (χ3v) is 6.07. The minimum Gasteiger partial charge on any atom is -0.377 e. The third-order valence-electron chi connectivity index (χ3n) is 6.07. The van der Waals surface area contributed by atoms with E-state index in [-0.39, 0.29) is 0 Å². The van der Waals surface area contributed by atoms with Crippen molar-refractivity contribution >= 4 is 5.82 Å². The standard InChI is InChI=1S/C18H28N4O/c1-23-11-16-20-15(13-8-14(19)9-13)10-17(21-16)22-7-6-18(12-22)4-2-3-5-18/h10,13-14H,2-9,11-12,19H2,1H3. The fourth-order valence-electron chi connectivity index (χ4n) is 4.63. The summed E-state index contributed by atoms with van der Waals surface area (Å²) < 4.78 is 5.28. The van der Waals surface area contributed by atoms with Crippen molar-refractivity contribution in [2.45, 2.75) is 63.5 Å². The Labute approximate surface area is 138 Å². The zero-order valence-electron chi connectivity index (χ0n) is 14.1. The number of rotatable bonds is 4. The van der Waals surface area contributed by atoms with Gasteiger partial charge in [0.25, 0.3) is 0 Å². The van der Waals surface area contributed by atoms with E-state index in [1.165, 1.54) is 38.6 Å². The Morgan fingerprint density at radius 1 is 1.26 bits per heavy atom. The Morgan fingerprint density at radius 3 is 2.74 bits per heavy atom. The first-order valence-electron chi connectivity index (χ1n) is 9.05. The Hall–Kier alpha value is -1.20. The van der Waals surface area contributed by atoms with Crippen LogP contribution in [-0.4, -0.2) is 36.2 Å². The molecule has 0 aromatic carbocycles. The minimum absolute atomic E-state index is 0.345. The van der Waals surface area contributed by atoms with Gasteiger partial charge < -0.3 is 15.4 Å². The van der Waals surface area contributed by atoms with Crippen molar-refractivity contribution in [2.75, 3.05) is 25.1 Å². The van der Waals surface area contributed by atoms with E-state index in [1.807, 2.05) is 0 Å². The lowest BCUT2D eigenvalue weighted by molar-refractivity contribution is 0.177. The fourth-order valence-corrected chi connectivity index (χ4v) is 4.63. The molecule has 3 fully saturated rings. The van der Waals surface area contributed by atoms with Crippen LogP contribution in [0, 0.1) is 5.41 Å². The van der Waals surface area contributed by atoms with E-state index in [4.69, 9.17) is 20.4 Å². The van der Waals surface area contributed by atoms with Crippen LogP contribution in [0.25, 0.3) is 0 Å². The molecule has 1 aromatic rings. The molecule has 126 valence electrons. The highest BCUT2D eigenvalue weighted by atomic mass is 16.5. The van der Waals surface area contributed by atoms with Gasteiger partial charge in [-0.05, 0) is 37.5 Å². The summed E-state index contributed by atoms with van der Waals surface area (Å²) in [7, 11) is 1.71. The number of methoxy groups -OCH3 is 1. The van der Waals surface area contributed by atoms with Crippen LogP contribution in [0.1, 0.15) is 62.4 Å². The maximum absolute atomic E-state index is 5.96. The lowest BCUT2D eigenvalue weighted by atomic mass is 9.78. The maximum Gasteiger partial charge on any atom is 0.156 e. The van der Waals surface area contributed by atoms with E-state index in [0.29, 0.717) is 24.0 Å². The highest BCUT2D eigenvalue weighted by molar-refractivity contribution is 5.43. The molecule has 23 heavy (non-hydrogen) atoms. The van der Waals surface area contributed by atoms with E-state index in [0.717, 1.165) is 36.7 Å². The molecule has 4 rings (SSSR count). The number of aromatic nitrogens is 2. The van der Waals surface area contributed by atoms with E-state index < -0.39 is 0 Å². The van der Waals surface area contributed by atoms with E-state index in [1.54, 1.807) is 7.11 Å². The van der Waals surface area contributed by atoms with E-state index in [2.05, 4.69) is 11.0 Å². The second kappa shape index (κ2) is 6.02. The summed E-state index contributed by atoms with van der Waals surface area (Å²) in [6.07, 6.45) is 9.00. The smallest absolute Gasteiger partial charge is 0.156 e. The van der Waals surface area contributed by atoms with Crippen molar-refractivity contribution in [2.24, 2.45) is 11.1 Å². The Morgan fingerprint density at radius 2 is 2.04 bits per heavy atom. The number of ether oxygens (including phenoxy) is 1. The molecule has 2 saturated carbocycles. The first-order chi connectivity index (χ1) is 11.2. The molecule has 2 N–H and O–H groups in total. The van der Waals surface area contributed by atoms with Crippen molar-refractivity contribution in [3.63, 3.8) is 0 Å². The second-order valence-electron chi connectivity index (χ2n) is 7.81. The first-order valence-corrected chi connectivity index (χ1v) is 9.05. The Bertz CT molecular complexity index is 564. The summed E-state index contributed by atoms with van der Waals surface area (Å²) in [6.45, 7) is 2.78. The van der Waals surface area contributed by atoms with Crippen LogP contribution in [0.15, 0.2) is 6.07 Å². The molecular formula is C18H28N4O. The van der Waals surface area contributed by atoms with Crippen LogP contribution < -0.4 is 10.6 Å². The van der Waals surface area contributed by atoms with Gasteiger partial charge in [-0.1, -0.05) is 12.8 Å². The quantitative estimate of drug-likeness (QED) is 0.925. The van der Waals surface area contributed by atoms with Crippen LogP contribution >= 0.6 is 0 Å². The Kier molecular flexibility index (Phi) is 4.01. The molecule has 2 aliphatic carbocycles. The van der Waals surface area contributed by atoms with Crippen molar-refractivity contribution in [1.82, 2.24) is 9.97 Å². The number of anilines is 1. The maximum atomic E-state index is 5.96. The summed E-state index contributed by atoms with van der Waals surface area (Å²) in [5, 5.41) is 0. The number of hydrogen-bond donors (Lipinski definition) is 1. The lowest BCUT2D eigenvalue weighted by Crippen LogP contribution is -2.35. The van der Waals surface area contributed by atoms with Crippen LogP contribution in [0.2, 0.25) is 0 Å². The van der Waals surface area contributed by atoms with Gasteiger partial charge in [-0.3, -0.25) is 0 Å². The molecule has 0 atom stereocenters. The van der Waals surface area contributed by atoms with Crippen molar-refractivity contribution < 1.29 is 4.74 Å². The number of hydrogen-bond acceptors (Lipinski definition) is 5. The summed E-state index contributed by atoms with van der Waals surface area (Å²) >= 11 is 0. The molecule has 5 heteroatoms. The van der Waals surface area contributed by atoms with Crippen molar-refractivity contribution in [3.05, 3.63) is 17.6 Å². The van der Waals surface area contributed by atoms with Gasteiger partial charge in [0.2, 0.25) is 0 Å². The summed E-state index contributed by atoms with van der Waals surface area (Å²) in [4.78, 5) is 12.0. The highest BCUT2D eigenvalue weighted by Crippen LogP contribution is 2.46. The van der Waals surface area contributed by atoms with Gasteiger partial charge in [0, 0.05) is 43.9 Å². The highest BCUT2D eigenvalue weighted by Gasteiger charge is 2.41. The molecule has 5 nitrogen and oxygen atoms in total. The van der Waals surface area contributed by atoms with E-state index in [9.17, 15) is 0 Å². The van der Waals surface area contributed by atoms with Crippen molar-refractivity contribution in [1.29, 1.82) is 0 Å². The largest absolute Gasteiger partial charge is 0.377 e. The van der Waals surface area contributed by atoms with Gasteiger partial charge in [0.1, 0.15) is 12.4 Å². The summed E-state index contributed by atoms with van der Waals surface area (Å²) in [5.41, 5.74) is 7.69. The zero-order chi connectivity index (χ0) is 15.9. The molecule has 0 radical (unpaired) electrons. The number of nitrogens with zero attached hydrogens (tertiary/aromatic N) is 3. The second-order valence-corrected chi connectivity index (χ2v) is 7.81. The van der Waals surface area contributed by atoms with Crippen molar-refractivity contribution in [3.8, 4) is 0 Å². The molecule has 1 saturated heterocycles. The molecule has 1 spiro atoms. The third kappa shape index (κ3) is 2.96. The van der Waals surface area contributed by atoms with Gasteiger partial charge in [-0.25, -0.2) is 9.97 Å². The number of nitrogens with two attached hydrogens (primary N) is 1. The van der Waals surface area contributed by atoms with Crippen LogP contribution in [0.3, 0.4) is 0 Å². The molecule has 2 heterocycles. The van der Waals surface area contributed by atoms with Crippen LogP contribution in [0.4, 0.5) is 5.82 Å². The molecule has 0 bridgehead atoms. The average Bonchev–Trinajstić information content (AvgIpc) is 3.15. The zero-order valence-corrected chi connectivity index (χ0v) is 14.1. The predicted molar refractivity (Wildman–Crippen MR) is 90.4 cm³/mol. The predicted octanol–water partition coefficient (Wildman–Crippen LogP) is 2.60. The SMILES string of the molecule is COCc1nc(C2CC(N)C2)cc(N2CCC3(CCCC3)C2)n1. The molecule has 3 aliphatic rings. The molecule has 1 aromatic heterocycles. The van der Waals surface area contributed by atoms with Gasteiger partial charge in [-0.15, -0.1) is 0 Å².